The summed E-state index contributed by atoms with van der Waals surface area (Å²) in [6.45, 7) is 2.03. The summed E-state index contributed by atoms with van der Waals surface area (Å²) in [5.74, 6) is -1.21. The molecule has 1 amide bonds. The van der Waals surface area contributed by atoms with E-state index in [2.05, 4.69) is 5.32 Å². The van der Waals surface area contributed by atoms with Crippen molar-refractivity contribution in [3.63, 3.8) is 0 Å². The van der Waals surface area contributed by atoms with E-state index >= 15 is 0 Å². The van der Waals surface area contributed by atoms with Crippen LogP contribution in [0.1, 0.15) is 6.92 Å². The Morgan fingerprint density at radius 1 is 1.56 bits per heavy atom. The smallest absolute Gasteiger partial charge is 0.327 e. The molecule has 0 unspecified atom stereocenters. The van der Waals surface area contributed by atoms with E-state index in [4.69, 9.17) is 0 Å². The van der Waals surface area contributed by atoms with Gasteiger partial charge in [0.15, 0.2) is 0 Å². The van der Waals surface area contributed by atoms with Crippen LogP contribution in [0.4, 0.5) is 15.8 Å². The standard InChI is InChI=1S/C11H14FN3O3/c1-3-14(7-10(16)13-2)9-6-4-5-8(12)11(9)15(17)18/h4-6H,3,7H2,1-2H3,(H,13,16). The van der Waals surface area contributed by atoms with Gasteiger partial charge < -0.3 is 10.2 Å². The fourth-order valence-electron chi connectivity index (χ4n) is 1.56. The van der Waals surface area contributed by atoms with E-state index < -0.39 is 16.4 Å². The van der Waals surface area contributed by atoms with Gasteiger partial charge in [-0.3, -0.25) is 14.9 Å². The van der Waals surface area contributed by atoms with Gasteiger partial charge in [-0.05, 0) is 19.1 Å². The number of nitrogens with zero attached hydrogens (tertiary/aromatic N) is 2. The maximum Gasteiger partial charge on any atom is 0.327 e. The van der Waals surface area contributed by atoms with E-state index in [1.54, 1.807) is 6.92 Å². The van der Waals surface area contributed by atoms with Gasteiger partial charge in [-0.2, -0.15) is 4.39 Å². The number of nitrogens with one attached hydrogen (secondary N) is 1. The zero-order valence-corrected chi connectivity index (χ0v) is 10.1. The number of hydrogen-bond acceptors (Lipinski definition) is 4. The summed E-state index contributed by atoms with van der Waals surface area (Å²) in [7, 11) is 1.47. The maximum atomic E-state index is 13.4. The number of likely N-dealkylation sites (N-methyl/N-ethyl adjacent to an activating group) is 2. The lowest BCUT2D eigenvalue weighted by molar-refractivity contribution is -0.386. The lowest BCUT2D eigenvalue weighted by Gasteiger charge is -2.21. The van der Waals surface area contributed by atoms with Crippen LogP contribution < -0.4 is 10.2 Å². The Balaban J connectivity index is 3.17. The molecule has 1 rings (SSSR count). The Morgan fingerprint density at radius 3 is 2.72 bits per heavy atom. The first kappa shape index (κ1) is 13.9. The second kappa shape index (κ2) is 5.95. The third-order valence-electron chi connectivity index (χ3n) is 2.48. The Bertz CT molecular complexity index is 465. The maximum absolute atomic E-state index is 13.4. The second-order valence-corrected chi connectivity index (χ2v) is 3.55. The summed E-state index contributed by atoms with van der Waals surface area (Å²) in [4.78, 5) is 22.8. The molecule has 0 saturated heterocycles. The minimum Gasteiger partial charge on any atom is -0.358 e. The van der Waals surface area contributed by atoms with Gasteiger partial charge in [-0.15, -0.1) is 0 Å². The Kier molecular flexibility index (Phi) is 4.59. The molecule has 1 aromatic carbocycles. The molecule has 0 spiro atoms. The van der Waals surface area contributed by atoms with Crippen LogP contribution in [0.25, 0.3) is 0 Å². The van der Waals surface area contributed by atoms with Crippen LogP contribution in [-0.2, 0) is 4.79 Å². The number of carbonyl (C=O) groups is 1. The molecular formula is C11H14FN3O3. The molecular weight excluding hydrogens is 241 g/mol. The minimum atomic E-state index is -0.909. The Morgan fingerprint density at radius 2 is 2.22 bits per heavy atom. The average Bonchev–Trinajstić information content (AvgIpc) is 2.34. The summed E-state index contributed by atoms with van der Waals surface area (Å²) >= 11 is 0. The number of halogens is 1. The van der Waals surface area contributed by atoms with Gasteiger partial charge in [0.2, 0.25) is 11.7 Å². The normalized spacial score (nSPS) is 9.94. The molecule has 0 atom stereocenters. The van der Waals surface area contributed by atoms with Gasteiger partial charge in [-0.1, -0.05) is 6.07 Å². The van der Waals surface area contributed by atoms with Crippen LogP contribution in [0.15, 0.2) is 18.2 Å². The van der Waals surface area contributed by atoms with E-state index in [9.17, 15) is 19.3 Å². The van der Waals surface area contributed by atoms with Gasteiger partial charge in [0.1, 0.15) is 5.69 Å². The molecule has 18 heavy (non-hydrogen) atoms. The first-order chi connectivity index (χ1) is 8.51. The molecule has 0 bridgehead atoms. The second-order valence-electron chi connectivity index (χ2n) is 3.55. The van der Waals surface area contributed by atoms with Gasteiger partial charge in [0.05, 0.1) is 11.5 Å². The SMILES string of the molecule is CCN(CC(=O)NC)c1cccc(F)c1[N+](=O)[O-]. The van der Waals surface area contributed by atoms with E-state index in [1.165, 1.54) is 24.1 Å². The van der Waals surface area contributed by atoms with E-state index in [-0.39, 0.29) is 18.1 Å². The highest BCUT2D eigenvalue weighted by Crippen LogP contribution is 2.30. The van der Waals surface area contributed by atoms with Crippen molar-refractivity contribution in [1.82, 2.24) is 5.32 Å². The van der Waals surface area contributed by atoms with Crippen molar-refractivity contribution in [1.29, 1.82) is 0 Å². The van der Waals surface area contributed by atoms with Crippen molar-refractivity contribution in [3.05, 3.63) is 34.1 Å². The zero-order valence-electron chi connectivity index (χ0n) is 10.1. The van der Waals surface area contributed by atoms with E-state index in [1.807, 2.05) is 0 Å². The van der Waals surface area contributed by atoms with Crippen molar-refractivity contribution in [2.24, 2.45) is 0 Å². The molecule has 0 fully saturated rings. The number of nitro groups is 1. The molecule has 0 radical (unpaired) electrons. The highest BCUT2D eigenvalue weighted by Gasteiger charge is 2.24. The lowest BCUT2D eigenvalue weighted by atomic mass is 10.2. The van der Waals surface area contributed by atoms with Crippen molar-refractivity contribution < 1.29 is 14.1 Å². The van der Waals surface area contributed by atoms with Crippen LogP contribution in [0.5, 0.6) is 0 Å². The molecule has 0 aliphatic rings. The predicted octanol–water partition coefficient (Wildman–Crippen LogP) is 1.31. The molecule has 98 valence electrons. The summed E-state index contributed by atoms with van der Waals surface area (Å²) in [6, 6.07) is 3.83. The monoisotopic (exact) mass is 255 g/mol. The lowest BCUT2D eigenvalue weighted by Crippen LogP contribution is -2.35. The number of anilines is 1. The van der Waals surface area contributed by atoms with Crippen LogP contribution in [0.3, 0.4) is 0 Å². The van der Waals surface area contributed by atoms with Crippen molar-refractivity contribution in [3.8, 4) is 0 Å². The first-order valence-corrected chi connectivity index (χ1v) is 5.39. The van der Waals surface area contributed by atoms with Gasteiger partial charge >= 0.3 is 5.69 Å². The molecule has 0 aromatic heterocycles. The van der Waals surface area contributed by atoms with Crippen molar-refractivity contribution in [2.45, 2.75) is 6.92 Å². The van der Waals surface area contributed by atoms with Crippen molar-refractivity contribution in [2.75, 3.05) is 25.0 Å². The van der Waals surface area contributed by atoms with Crippen LogP contribution in [-0.4, -0.2) is 31.0 Å². The van der Waals surface area contributed by atoms with Gasteiger partial charge in [0, 0.05) is 13.6 Å². The Labute approximate surface area is 104 Å². The molecule has 7 heteroatoms. The minimum absolute atomic E-state index is 0.0582. The van der Waals surface area contributed by atoms with Crippen molar-refractivity contribution >= 4 is 17.3 Å². The number of hydrogen-bond donors (Lipinski definition) is 1. The Hall–Kier alpha value is -2.18. The molecule has 0 aliphatic carbocycles. The first-order valence-electron chi connectivity index (χ1n) is 5.39. The van der Waals surface area contributed by atoms with Gasteiger partial charge in [-0.25, -0.2) is 0 Å². The molecule has 1 aromatic rings. The summed E-state index contributed by atoms with van der Waals surface area (Å²) in [5, 5.41) is 13.3. The fraction of sp³-hybridized carbons (Fsp3) is 0.364. The summed E-state index contributed by atoms with van der Waals surface area (Å²) in [5.41, 5.74) is -0.505. The number of para-hydroxylation sites is 1. The molecule has 0 heterocycles. The zero-order chi connectivity index (χ0) is 13.7. The predicted molar refractivity (Wildman–Crippen MR) is 65.0 cm³/mol. The van der Waals surface area contributed by atoms with Crippen LogP contribution >= 0.6 is 0 Å². The fourth-order valence-corrected chi connectivity index (χ4v) is 1.56. The van der Waals surface area contributed by atoms with Crippen LogP contribution in [0.2, 0.25) is 0 Å². The third-order valence-corrected chi connectivity index (χ3v) is 2.48. The topological polar surface area (TPSA) is 75.5 Å². The number of nitro benzene ring substituents is 1. The van der Waals surface area contributed by atoms with E-state index in [0.717, 1.165) is 6.07 Å². The number of benzene rings is 1. The highest BCUT2D eigenvalue weighted by molar-refractivity contribution is 5.82. The molecule has 1 N–H and O–H groups in total. The largest absolute Gasteiger partial charge is 0.358 e. The number of carbonyl (C=O) groups excluding carboxylic acids is 1. The summed E-state index contributed by atoms with van der Waals surface area (Å²) in [6.07, 6.45) is 0. The molecule has 0 aliphatic heterocycles. The highest BCUT2D eigenvalue weighted by atomic mass is 19.1. The van der Waals surface area contributed by atoms with Gasteiger partial charge in [0.25, 0.3) is 0 Å². The third kappa shape index (κ3) is 2.93. The molecule has 0 saturated carbocycles. The number of amides is 1. The number of rotatable bonds is 5. The average molecular weight is 255 g/mol. The van der Waals surface area contributed by atoms with Crippen LogP contribution in [0, 0.1) is 15.9 Å². The summed E-state index contributed by atoms with van der Waals surface area (Å²) < 4.78 is 13.4. The molecule has 6 nitrogen and oxygen atoms in total. The quantitative estimate of drug-likeness (QED) is 0.635. The van der Waals surface area contributed by atoms with E-state index in [0.29, 0.717) is 6.54 Å².